The molecule has 0 radical (unpaired) electrons. The van der Waals surface area contributed by atoms with Gasteiger partial charge < -0.3 is 0 Å². The number of benzene rings is 3. The molecule has 11 heteroatoms. The van der Waals surface area contributed by atoms with Gasteiger partial charge in [-0.15, -0.1) is 10.2 Å². The third-order valence-corrected chi connectivity index (χ3v) is 4.02. The zero-order chi connectivity index (χ0) is 21.5. The van der Waals surface area contributed by atoms with Crippen LogP contribution in [0.5, 0.6) is 0 Å². The monoisotopic (exact) mass is 424 g/mol. The van der Waals surface area contributed by atoms with E-state index in [1.165, 1.54) is 42.5 Å². The first kappa shape index (κ1) is 20.6. The molecule has 0 fully saturated rings. The number of hydrogen-bond acceptors (Lipinski definition) is 7. The SMILES string of the molecule is O=[N+]([O-])c1ccc(N=NC(=NNc2ccc(Cl)cc2)c2cccc([N+](=O)[O-])c2)cc1. The summed E-state index contributed by atoms with van der Waals surface area (Å²) >= 11 is 5.86. The molecule has 3 aromatic carbocycles. The molecule has 3 aromatic rings. The van der Waals surface area contributed by atoms with Crippen molar-refractivity contribution in [2.24, 2.45) is 15.3 Å². The van der Waals surface area contributed by atoms with Gasteiger partial charge in [0.2, 0.25) is 5.84 Å². The molecule has 0 heterocycles. The molecule has 0 aromatic heterocycles. The fraction of sp³-hybridized carbons (Fsp3) is 0. The molecule has 0 aliphatic rings. The highest BCUT2D eigenvalue weighted by Gasteiger charge is 2.11. The minimum atomic E-state index is -0.527. The van der Waals surface area contributed by atoms with Crippen molar-refractivity contribution in [3.05, 3.63) is 104 Å². The lowest BCUT2D eigenvalue weighted by Gasteiger charge is -2.04. The summed E-state index contributed by atoms with van der Waals surface area (Å²) in [5.41, 5.74) is 3.92. The molecule has 0 saturated heterocycles. The van der Waals surface area contributed by atoms with Gasteiger partial charge in [-0.3, -0.25) is 25.7 Å². The summed E-state index contributed by atoms with van der Waals surface area (Å²) < 4.78 is 0. The van der Waals surface area contributed by atoms with E-state index in [0.29, 0.717) is 22.0 Å². The van der Waals surface area contributed by atoms with Gasteiger partial charge >= 0.3 is 0 Å². The maximum absolute atomic E-state index is 11.1. The maximum atomic E-state index is 11.1. The minimum absolute atomic E-state index is 0.0759. The van der Waals surface area contributed by atoms with Crippen molar-refractivity contribution in [1.82, 2.24) is 0 Å². The fourth-order valence-electron chi connectivity index (χ4n) is 2.29. The summed E-state index contributed by atoms with van der Waals surface area (Å²) in [6.07, 6.45) is 0. The number of azo groups is 1. The van der Waals surface area contributed by atoms with Gasteiger partial charge in [-0.05, 0) is 36.4 Å². The second-order valence-corrected chi connectivity index (χ2v) is 6.27. The number of hydrazone groups is 1. The Labute approximate surface area is 174 Å². The van der Waals surface area contributed by atoms with Crippen LogP contribution in [0.2, 0.25) is 5.02 Å². The number of anilines is 1. The molecule has 0 saturated carbocycles. The molecule has 0 aliphatic heterocycles. The van der Waals surface area contributed by atoms with Gasteiger partial charge in [-0.2, -0.15) is 5.10 Å². The van der Waals surface area contributed by atoms with Crippen molar-refractivity contribution in [3.8, 4) is 0 Å². The van der Waals surface area contributed by atoms with E-state index in [4.69, 9.17) is 11.6 Å². The second-order valence-electron chi connectivity index (χ2n) is 5.84. The van der Waals surface area contributed by atoms with Gasteiger partial charge in [0.25, 0.3) is 11.4 Å². The van der Waals surface area contributed by atoms with Crippen molar-refractivity contribution in [3.63, 3.8) is 0 Å². The molecular weight excluding hydrogens is 412 g/mol. The van der Waals surface area contributed by atoms with E-state index in [0.717, 1.165) is 0 Å². The molecule has 1 N–H and O–H groups in total. The number of nitrogens with one attached hydrogen (secondary N) is 1. The average Bonchev–Trinajstić information content (AvgIpc) is 2.75. The normalized spacial score (nSPS) is 11.4. The number of nitro benzene ring substituents is 2. The van der Waals surface area contributed by atoms with Crippen molar-refractivity contribution in [2.45, 2.75) is 0 Å². The Morgan fingerprint density at radius 1 is 0.867 bits per heavy atom. The molecule has 0 atom stereocenters. The summed E-state index contributed by atoms with van der Waals surface area (Å²) in [7, 11) is 0. The third kappa shape index (κ3) is 5.42. The highest BCUT2D eigenvalue weighted by atomic mass is 35.5. The van der Waals surface area contributed by atoms with E-state index in [2.05, 4.69) is 20.8 Å². The van der Waals surface area contributed by atoms with Crippen molar-refractivity contribution < 1.29 is 9.85 Å². The Kier molecular flexibility index (Phi) is 6.40. The predicted octanol–water partition coefficient (Wildman–Crippen LogP) is 5.71. The van der Waals surface area contributed by atoms with Crippen LogP contribution in [-0.2, 0) is 0 Å². The molecule has 3 rings (SSSR count). The largest absolute Gasteiger partial charge is 0.276 e. The second kappa shape index (κ2) is 9.34. The van der Waals surface area contributed by atoms with E-state index < -0.39 is 9.85 Å². The Bertz CT molecular complexity index is 1130. The van der Waals surface area contributed by atoms with Crippen LogP contribution in [0.25, 0.3) is 0 Å². The van der Waals surface area contributed by atoms with E-state index in [1.54, 1.807) is 30.3 Å². The van der Waals surface area contributed by atoms with E-state index in [-0.39, 0.29) is 17.2 Å². The topological polar surface area (TPSA) is 135 Å². The Morgan fingerprint density at radius 3 is 2.17 bits per heavy atom. The van der Waals surface area contributed by atoms with Gasteiger partial charge in [0.1, 0.15) is 0 Å². The summed E-state index contributed by atoms with van der Waals surface area (Å²) in [5, 5.41) is 34.7. The molecule has 30 heavy (non-hydrogen) atoms. The van der Waals surface area contributed by atoms with Gasteiger partial charge in [-0.25, -0.2) is 0 Å². The van der Waals surface area contributed by atoms with Crippen LogP contribution in [0.15, 0.2) is 88.1 Å². The number of halogens is 1. The van der Waals surface area contributed by atoms with Crippen molar-refractivity contribution in [1.29, 1.82) is 0 Å². The lowest BCUT2D eigenvalue weighted by Crippen LogP contribution is -2.02. The number of hydrogen-bond donors (Lipinski definition) is 1. The highest BCUT2D eigenvalue weighted by molar-refractivity contribution is 6.30. The quantitative estimate of drug-likeness (QED) is 0.177. The maximum Gasteiger partial charge on any atom is 0.270 e. The van der Waals surface area contributed by atoms with Crippen LogP contribution in [0.3, 0.4) is 0 Å². The van der Waals surface area contributed by atoms with Gasteiger partial charge in [0.15, 0.2) is 0 Å². The Hall–Kier alpha value is -4.18. The van der Waals surface area contributed by atoms with Crippen LogP contribution < -0.4 is 5.43 Å². The molecule has 0 amide bonds. The number of nitrogens with zero attached hydrogens (tertiary/aromatic N) is 5. The summed E-state index contributed by atoms with van der Waals surface area (Å²) in [6, 6.07) is 18.0. The number of rotatable bonds is 6. The summed E-state index contributed by atoms with van der Waals surface area (Å²) in [6.45, 7) is 0. The molecule has 0 spiro atoms. The Morgan fingerprint density at radius 2 is 1.53 bits per heavy atom. The van der Waals surface area contributed by atoms with E-state index in [1.807, 2.05) is 0 Å². The molecular formula is C19H13ClN6O4. The zero-order valence-corrected chi connectivity index (χ0v) is 15.9. The molecule has 0 unspecified atom stereocenters. The van der Waals surface area contributed by atoms with Crippen LogP contribution in [0.4, 0.5) is 22.7 Å². The Balaban J connectivity index is 1.92. The minimum Gasteiger partial charge on any atom is -0.276 e. The third-order valence-electron chi connectivity index (χ3n) is 3.77. The number of nitro groups is 2. The fourth-order valence-corrected chi connectivity index (χ4v) is 2.42. The first-order valence-corrected chi connectivity index (χ1v) is 8.80. The summed E-state index contributed by atoms with van der Waals surface area (Å²) in [4.78, 5) is 20.8. The predicted molar refractivity (Wildman–Crippen MR) is 112 cm³/mol. The van der Waals surface area contributed by atoms with Crippen LogP contribution >= 0.6 is 11.6 Å². The lowest BCUT2D eigenvalue weighted by molar-refractivity contribution is -0.385. The average molecular weight is 425 g/mol. The summed E-state index contributed by atoms with van der Waals surface area (Å²) in [5.74, 6) is 0.0759. The molecule has 0 aliphatic carbocycles. The van der Waals surface area contributed by atoms with Crippen molar-refractivity contribution >= 4 is 40.2 Å². The van der Waals surface area contributed by atoms with Crippen molar-refractivity contribution in [2.75, 3.05) is 5.43 Å². The molecule has 0 bridgehead atoms. The van der Waals surface area contributed by atoms with Crippen LogP contribution in [-0.4, -0.2) is 15.7 Å². The molecule has 10 nitrogen and oxygen atoms in total. The first-order valence-electron chi connectivity index (χ1n) is 8.43. The van der Waals surface area contributed by atoms with Crippen LogP contribution in [0, 0.1) is 20.2 Å². The van der Waals surface area contributed by atoms with E-state index >= 15 is 0 Å². The first-order chi connectivity index (χ1) is 14.4. The lowest BCUT2D eigenvalue weighted by atomic mass is 10.2. The van der Waals surface area contributed by atoms with Crippen LogP contribution in [0.1, 0.15) is 5.56 Å². The number of amidine groups is 1. The van der Waals surface area contributed by atoms with E-state index in [9.17, 15) is 20.2 Å². The van der Waals surface area contributed by atoms with Gasteiger partial charge in [0.05, 0.1) is 21.2 Å². The smallest absolute Gasteiger partial charge is 0.270 e. The van der Waals surface area contributed by atoms with Gasteiger partial charge in [-0.1, -0.05) is 23.7 Å². The zero-order valence-electron chi connectivity index (χ0n) is 15.2. The highest BCUT2D eigenvalue weighted by Crippen LogP contribution is 2.20. The number of non-ortho nitro benzene ring substituents is 2. The van der Waals surface area contributed by atoms with Gasteiger partial charge in [0, 0.05) is 34.9 Å². The molecule has 150 valence electrons. The standard InChI is InChI=1S/C19H13ClN6O4/c20-14-4-6-15(7-5-14)21-23-19(13-2-1-3-18(12-13)26(29)30)24-22-16-8-10-17(11-9-16)25(27)28/h1-12,21H.